The summed E-state index contributed by atoms with van der Waals surface area (Å²) in [6.45, 7) is 8.84. The Hall–Kier alpha value is -1.99. The number of pyridine rings is 1. The Bertz CT molecular complexity index is 698. The summed E-state index contributed by atoms with van der Waals surface area (Å²) in [7, 11) is 0. The van der Waals surface area contributed by atoms with E-state index in [1.165, 1.54) is 12.8 Å². The number of aromatic nitrogens is 3. The number of hydrogen-bond acceptors (Lipinski definition) is 7. The zero-order chi connectivity index (χ0) is 17.1. The maximum Gasteiger partial charge on any atom is 0.261 e. The molecule has 0 radical (unpaired) electrons. The van der Waals surface area contributed by atoms with Crippen LogP contribution in [0, 0.1) is 12.8 Å². The Morgan fingerprint density at radius 2 is 2.12 bits per heavy atom. The molecule has 7 heteroatoms. The third kappa shape index (κ3) is 3.82. The number of aryl methyl sites for hydroxylation is 1. The molecule has 4 heterocycles. The van der Waals surface area contributed by atoms with Gasteiger partial charge in [0.1, 0.15) is 5.82 Å². The van der Waals surface area contributed by atoms with E-state index in [0.717, 1.165) is 57.3 Å². The fraction of sp³-hybridized carbons (Fsp3) is 0.611. The van der Waals surface area contributed by atoms with Crippen molar-refractivity contribution < 1.29 is 9.26 Å². The summed E-state index contributed by atoms with van der Waals surface area (Å²) in [6, 6.07) is 3.94. The molecule has 0 aromatic carbocycles. The lowest BCUT2D eigenvalue weighted by Crippen LogP contribution is -2.44. The molecule has 0 bridgehead atoms. The van der Waals surface area contributed by atoms with Gasteiger partial charge in [-0.15, -0.1) is 0 Å². The van der Waals surface area contributed by atoms with Crippen LogP contribution in [0.3, 0.4) is 0 Å². The van der Waals surface area contributed by atoms with Crippen molar-refractivity contribution in [2.75, 3.05) is 50.8 Å². The number of nitrogens with zero attached hydrogens (tertiary/aromatic N) is 5. The molecule has 2 saturated heterocycles. The van der Waals surface area contributed by atoms with Crippen molar-refractivity contribution in [3.63, 3.8) is 0 Å². The summed E-state index contributed by atoms with van der Waals surface area (Å²) in [5.74, 6) is 2.81. The molecule has 4 rings (SSSR count). The molecule has 0 unspecified atom stereocenters. The number of hydrogen-bond donors (Lipinski definition) is 0. The second-order valence-electron chi connectivity index (χ2n) is 6.89. The zero-order valence-corrected chi connectivity index (χ0v) is 14.7. The third-order valence-corrected chi connectivity index (χ3v) is 4.98. The molecule has 2 aromatic rings. The van der Waals surface area contributed by atoms with Gasteiger partial charge in [-0.25, -0.2) is 4.98 Å². The van der Waals surface area contributed by atoms with E-state index in [4.69, 9.17) is 9.26 Å². The van der Waals surface area contributed by atoms with Gasteiger partial charge in [-0.1, -0.05) is 5.16 Å². The zero-order valence-electron chi connectivity index (χ0n) is 14.7. The second-order valence-corrected chi connectivity index (χ2v) is 6.89. The monoisotopic (exact) mass is 343 g/mol. The van der Waals surface area contributed by atoms with Crippen molar-refractivity contribution in [3.8, 4) is 11.5 Å². The number of morpholine rings is 1. The molecule has 1 atom stereocenters. The highest BCUT2D eigenvalue weighted by atomic mass is 16.5. The van der Waals surface area contributed by atoms with Crippen LogP contribution in [0.25, 0.3) is 11.5 Å². The van der Waals surface area contributed by atoms with E-state index in [-0.39, 0.29) is 0 Å². The minimum Gasteiger partial charge on any atom is -0.379 e. The molecule has 2 aliphatic heterocycles. The van der Waals surface area contributed by atoms with Crippen LogP contribution in [0.15, 0.2) is 22.9 Å². The van der Waals surface area contributed by atoms with Gasteiger partial charge in [0, 0.05) is 38.9 Å². The van der Waals surface area contributed by atoms with E-state index in [0.29, 0.717) is 17.6 Å². The first-order valence-electron chi connectivity index (χ1n) is 9.10. The van der Waals surface area contributed by atoms with E-state index in [1.54, 1.807) is 0 Å². The predicted molar refractivity (Wildman–Crippen MR) is 94.5 cm³/mol. The number of rotatable bonds is 4. The molecule has 134 valence electrons. The van der Waals surface area contributed by atoms with Crippen LogP contribution in [-0.4, -0.2) is 66.0 Å². The van der Waals surface area contributed by atoms with E-state index >= 15 is 0 Å². The summed E-state index contributed by atoms with van der Waals surface area (Å²) in [6.07, 6.45) is 4.30. The molecule has 0 saturated carbocycles. The molecular weight excluding hydrogens is 318 g/mol. The lowest BCUT2D eigenvalue weighted by Gasteiger charge is -2.37. The molecule has 0 aliphatic carbocycles. The first-order valence-corrected chi connectivity index (χ1v) is 9.10. The molecule has 25 heavy (non-hydrogen) atoms. The van der Waals surface area contributed by atoms with Crippen molar-refractivity contribution in [1.82, 2.24) is 20.0 Å². The van der Waals surface area contributed by atoms with Gasteiger partial charge in [0.25, 0.3) is 5.89 Å². The average Bonchev–Trinajstić information content (AvgIpc) is 3.09. The van der Waals surface area contributed by atoms with Crippen molar-refractivity contribution in [1.29, 1.82) is 0 Å². The van der Waals surface area contributed by atoms with E-state index in [1.807, 2.05) is 25.3 Å². The highest BCUT2D eigenvalue weighted by Crippen LogP contribution is 2.30. The Morgan fingerprint density at radius 3 is 2.92 bits per heavy atom. The summed E-state index contributed by atoms with van der Waals surface area (Å²) in [4.78, 5) is 13.9. The molecule has 7 nitrogen and oxygen atoms in total. The molecule has 2 aliphatic rings. The van der Waals surface area contributed by atoms with Crippen LogP contribution < -0.4 is 4.90 Å². The Morgan fingerprint density at radius 1 is 1.24 bits per heavy atom. The van der Waals surface area contributed by atoms with Crippen LogP contribution in [0.1, 0.15) is 18.7 Å². The van der Waals surface area contributed by atoms with Gasteiger partial charge >= 0.3 is 0 Å². The van der Waals surface area contributed by atoms with E-state index < -0.39 is 0 Å². The Kier molecular flexibility index (Phi) is 4.94. The number of anilines is 1. The van der Waals surface area contributed by atoms with Crippen LogP contribution >= 0.6 is 0 Å². The lowest BCUT2D eigenvalue weighted by molar-refractivity contribution is 0.0296. The van der Waals surface area contributed by atoms with Crippen LogP contribution in [0.2, 0.25) is 0 Å². The second kappa shape index (κ2) is 7.49. The summed E-state index contributed by atoms with van der Waals surface area (Å²) < 4.78 is 10.8. The van der Waals surface area contributed by atoms with Crippen molar-refractivity contribution in [2.45, 2.75) is 19.8 Å². The van der Waals surface area contributed by atoms with Crippen LogP contribution in [0.4, 0.5) is 5.82 Å². The minimum atomic E-state index is 0.552. The van der Waals surface area contributed by atoms with E-state index in [2.05, 4.69) is 24.9 Å². The van der Waals surface area contributed by atoms with Gasteiger partial charge < -0.3 is 14.2 Å². The minimum absolute atomic E-state index is 0.552. The molecule has 0 amide bonds. The summed E-state index contributed by atoms with van der Waals surface area (Å²) in [5, 5.41) is 3.92. The lowest BCUT2D eigenvalue weighted by atomic mass is 9.96. The van der Waals surface area contributed by atoms with Crippen molar-refractivity contribution >= 4 is 5.82 Å². The van der Waals surface area contributed by atoms with Crippen LogP contribution in [0.5, 0.6) is 0 Å². The first-order chi connectivity index (χ1) is 12.3. The Labute approximate surface area is 148 Å². The first kappa shape index (κ1) is 16.5. The van der Waals surface area contributed by atoms with Gasteiger partial charge in [-0.3, -0.25) is 4.90 Å². The van der Waals surface area contributed by atoms with Gasteiger partial charge in [0.05, 0.1) is 18.8 Å². The molecule has 0 N–H and O–H groups in total. The predicted octanol–water partition coefficient (Wildman–Crippen LogP) is 1.99. The average molecular weight is 343 g/mol. The maximum absolute atomic E-state index is 5.46. The Balaban J connectivity index is 1.49. The van der Waals surface area contributed by atoms with Gasteiger partial charge in [0.2, 0.25) is 0 Å². The highest BCUT2D eigenvalue weighted by Gasteiger charge is 2.26. The standard InChI is InChI=1S/C18H25N5O2/c1-14-20-18(25-21-14)16-5-2-6-19-17(16)23-7-3-4-15(13-23)12-22-8-10-24-11-9-22/h2,5-6,15H,3-4,7-13H2,1H3/t15-/m0/s1. The number of ether oxygens (including phenoxy) is 1. The largest absolute Gasteiger partial charge is 0.379 e. The number of piperidine rings is 1. The highest BCUT2D eigenvalue weighted by molar-refractivity contribution is 5.69. The smallest absolute Gasteiger partial charge is 0.261 e. The molecule has 2 aromatic heterocycles. The fourth-order valence-electron chi connectivity index (χ4n) is 3.78. The molecule has 2 fully saturated rings. The third-order valence-electron chi connectivity index (χ3n) is 4.98. The SMILES string of the molecule is Cc1noc(-c2cccnc2N2CCC[C@@H](CN3CCOCC3)C2)n1. The van der Waals surface area contributed by atoms with Gasteiger partial charge in [-0.05, 0) is 37.8 Å². The van der Waals surface area contributed by atoms with Crippen molar-refractivity contribution in [3.05, 3.63) is 24.2 Å². The normalized spacial score (nSPS) is 22.3. The summed E-state index contributed by atoms with van der Waals surface area (Å²) >= 11 is 0. The topological polar surface area (TPSA) is 67.5 Å². The fourth-order valence-corrected chi connectivity index (χ4v) is 3.78. The van der Waals surface area contributed by atoms with Crippen LogP contribution in [-0.2, 0) is 4.74 Å². The summed E-state index contributed by atoms with van der Waals surface area (Å²) in [5.41, 5.74) is 0.926. The van der Waals surface area contributed by atoms with Gasteiger partial charge in [0.15, 0.2) is 5.82 Å². The quantitative estimate of drug-likeness (QED) is 0.841. The maximum atomic E-state index is 5.46. The molecular formula is C18H25N5O2. The molecule has 0 spiro atoms. The van der Waals surface area contributed by atoms with E-state index in [9.17, 15) is 0 Å². The van der Waals surface area contributed by atoms with Crippen molar-refractivity contribution in [2.24, 2.45) is 5.92 Å². The van der Waals surface area contributed by atoms with Gasteiger partial charge in [-0.2, -0.15) is 4.98 Å².